The fourth-order valence-corrected chi connectivity index (χ4v) is 1.60. The summed E-state index contributed by atoms with van der Waals surface area (Å²) in [5, 5.41) is 8.82. The van der Waals surface area contributed by atoms with Crippen molar-refractivity contribution in [2.45, 2.75) is 12.8 Å². The number of aromatic carboxylic acids is 1. The van der Waals surface area contributed by atoms with Crippen LogP contribution in [0, 0.1) is 5.92 Å². The van der Waals surface area contributed by atoms with Crippen molar-refractivity contribution in [2.24, 2.45) is 5.92 Å². The molecular weight excluding hydrogens is 260 g/mol. The Labute approximate surface area is 96.2 Å². The van der Waals surface area contributed by atoms with Crippen LogP contribution in [0.2, 0.25) is 0 Å². The van der Waals surface area contributed by atoms with Gasteiger partial charge in [-0.2, -0.15) is 0 Å². The molecule has 0 radical (unpaired) electrons. The molecule has 1 N–H and O–H groups in total. The van der Waals surface area contributed by atoms with Crippen molar-refractivity contribution < 1.29 is 14.6 Å². The monoisotopic (exact) mass is 270 g/mol. The van der Waals surface area contributed by atoms with Crippen molar-refractivity contribution in [3.05, 3.63) is 28.2 Å². The number of ether oxygens (including phenoxy) is 1. The maximum atomic E-state index is 10.7. The molecule has 1 aromatic rings. The largest absolute Gasteiger partial charge is 0.492 e. The topological polar surface area (TPSA) is 46.5 Å². The van der Waals surface area contributed by atoms with Crippen molar-refractivity contribution >= 4 is 21.9 Å². The molecule has 0 bridgehead atoms. The Morgan fingerprint density at radius 2 is 2.27 bits per heavy atom. The number of benzene rings is 1. The Morgan fingerprint density at radius 3 is 2.87 bits per heavy atom. The number of carboxylic acid groups (broad SMARTS) is 1. The van der Waals surface area contributed by atoms with E-state index in [9.17, 15) is 4.79 Å². The second-order valence-corrected chi connectivity index (χ2v) is 4.56. The zero-order valence-corrected chi connectivity index (χ0v) is 9.66. The molecule has 0 saturated heterocycles. The summed E-state index contributed by atoms with van der Waals surface area (Å²) < 4.78 is 6.34. The molecule has 0 unspecified atom stereocenters. The summed E-state index contributed by atoms with van der Waals surface area (Å²) in [6, 6.07) is 4.80. The van der Waals surface area contributed by atoms with E-state index in [1.165, 1.54) is 12.8 Å². The van der Waals surface area contributed by atoms with E-state index in [1.54, 1.807) is 18.2 Å². The highest BCUT2D eigenvalue weighted by atomic mass is 79.9. The van der Waals surface area contributed by atoms with Gasteiger partial charge in [-0.25, -0.2) is 4.79 Å². The first-order valence-corrected chi connectivity index (χ1v) is 5.62. The molecular formula is C11H11BrO3. The van der Waals surface area contributed by atoms with Gasteiger partial charge in [-0.05, 0) is 52.9 Å². The molecule has 0 aromatic heterocycles. The second-order valence-electron chi connectivity index (χ2n) is 3.70. The van der Waals surface area contributed by atoms with E-state index in [4.69, 9.17) is 9.84 Å². The lowest BCUT2D eigenvalue weighted by Crippen LogP contribution is -2.02. The summed E-state index contributed by atoms with van der Waals surface area (Å²) in [6.07, 6.45) is 2.44. The third-order valence-corrected chi connectivity index (χ3v) is 3.00. The minimum absolute atomic E-state index is 0.254. The molecule has 0 aliphatic heterocycles. The van der Waals surface area contributed by atoms with Crippen LogP contribution in [-0.2, 0) is 0 Å². The molecule has 1 aliphatic carbocycles. The average Bonchev–Trinajstić information content (AvgIpc) is 3.00. The van der Waals surface area contributed by atoms with Gasteiger partial charge in [0.15, 0.2) is 0 Å². The standard InChI is InChI=1S/C11H11BrO3/c12-9-4-3-8(11(13)14)5-10(9)15-6-7-1-2-7/h3-5,7H,1-2,6H2,(H,13,14). The van der Waals surface area contributed by atoms with Gasteiger partial charge in [0, 0.05) is 0 Å². The normalized spacial score (nSPS) is 15.0. The van der Waals surface area contributed by atoms with Crippen molar-refractivity contribution in [1.82, 2.24) is 0 Å². The molecule has 1 aliphatic rings. The van der Waals surface area contributed by atoms with Gasteiger partial charge < -0.3 is 9.84 Å². The first-order chi connectivity index (χ1) is 7.16. The average molecular weight is 271 g/mol. The van der Waals surface area contributed by atoms with Crippen LogP contribution in [0.4, 0.5) is 0 Å². The molecule has 0 spiro atoms. The third-order valence-electron chi connectivity index (χ3n) is 2.35. The predicted octanol–water partition coefficient (Wildman–Crippen LogP) is 2.94. The van der Waals surface area contributed by atoms with Crippen molar-refractivity contribution in [1.29, 1.82) is 0 Å². The maximum absolute atomic E-state index is 10.7. The fraction of sp³-hybridized carbons (Fsp3) is 0.364. The minimum Gasteiger partial charge on any atom is -0.492 e. The molecule has 1 saturated carbocycles. The lowest BCUT2D eigenvalue weighted by atomic mass is 10.2. The van der Waals surface area contributed by atoms with Crippen LogP contribution in [-0.4, -0.2) is 17.7 Å². The van der Waals surface area contributed by atoms with Crippen LogP contribution in [0.3, 0.4) is 0 Å². The second kappa shape index (κ2) is 4.23. The molecule has 1 fully saturated rings. The highest BCUT2D eigenvalue weighted by Gasteiger charge is 2.22. The van der Waals surface area contributed by atoms with Crippen LogP contribution in [0.15, 0.2) is 22.7 Å². The Hall–Kier alpha value is -1.03. The van der Waals surface area contributed by atoms with Gasteiger partial charge in [-0.15, -0.1) is 0 Å². The summed E-state index contributed by atoms with van der Waals surface area (Å²) in [5.41, 5.74) is 0.254. The van der Waals surface area contributed by atoms with Gasteiger partial charge in [0.2, 0.25) is 0 Å². The Balaban J connectivity index is 2.12. The van der Waals surface area contributed by atoms with E-state index in [1.807, 2.05) is 0 Å². The van der Waals surface area contributed by atoms with E-state index < -0.39 is 5.97 Å². The van der Waals surface area contributed by atoms with E-state index in [-0.39, 0.29) is 5.56 Å². The van der Waals surface area contributed by atoms with Crippen LogP contribution in [0.5, 0.6) is 5.75 Å². The Morgan fingerprint density at radius 1 is 1.53 bits per heavy atom. The van der Waals surface area contributed by atoms with Gasteiger partial charge in [-0.1, -0.05) is 0 Å². The molecule has 4 heteroatoms. The molecule has 2 rings (SSSR count). The SMILES string of the molecule is O=C(O)c1ccc(Br)c(OCC2CC2)c1. The first kappa shape index (κ1) is 10.5. The number of halogens is 1. The zero-order valence-electron chi connectivity index (χ0n) is 8.07. The zero-order chi connectivity index (χ0) is 10.8. The summed E-state index contributed by atoms with van der Waals surface area (Å²) >= 11 is 3.33. The van der Waals surface area contributed by atoms with Crippen LogP contribution in [0.1, 0.15) is 23.2 Å². The summed E-state index contributed by atoms with van der Waals surface area (Å²) in [6.45, 7) is 0.682. The molecule has 1 aromatic carbocycles. The van der Waals surface area contributed by atoms with Gasteiger partial charge in [-0.3, -0.25) is 0 Å². The summed E-state index contributed by atoms with van der Waals surface area (Å²) in [7, 11) is 0. The predicted molar refractivity (Wildman–Crippen MR) is 59.3 cm³/mol. The van der Waals surface area contributed by atoms with E-state index in [0.29, 0.717) is 18.3 Å². The van der Waals surface area contributed by atoms with E-state index in [2.05, 4.69) is 15.9 Å². The quantitative estimate of drug-likeness (QED) is 0.915. The van der Waals surface area contributed by atoms with Crippen molar-refractivity contribution in [3.63, 3.8) is 0 Å². The Kier molecular flexibility index (Phi) is 2.95. The fourth-order valence-electron chi connectivity index (χ4n) is 1.24. The highest BCUT2D eigenvalue weighted by Crippen LogP contribution is 2.32. The minimum atomic E-state index is -0.932. The molecule has 15 heavy (non-hydrogen) atoms. The molecule has 80 valence electrons. The van der Waals surface area contributed by atoms with E-state index >= 15 is 0 Å². The van der Waals surface area contributed by atoms with Gasteiger partial charge in [0.25, 0.3) is 0 Å². The molecule has 0 amide bonds. The van der Waals surface area contributed by atoms with Crippen LogP contribution >= 0.6 is 15.9 Å². The van der Waals surface area contributed by atoms with Gasteiger partial charge in [0.05, 0.1) is 16.6 Å². The van der Waals surface area contributed by atoms with Crippen molar-refractivity contribution in [2.75, 3.05) is 6.61 Å². The maximum Gasteiger partial charge on any atom is 0.335 e. The third kappa shape index (κ3) is 2.72. The molecule has 0 atom stereocenters. The number of carbonyl (C=O) groups is 1. The lowest BCUT2D eigenvalue weighted by molar-refractivity contribution is 0.0696. The molecule has 0 heterocycles. The van der Waals surface area contributed by atoms with Crippen LogP contribution < -0.4 is 4.74 Å². The smallest absolute Gasteiger partial charge is 0.335 e. The highest BCUT2D eigenvalue weighted by molar-refractivity contribution is 9.10. The van der Waals surface area contributed by atoms with E-state index in [0.717, 1.165) is 4.47 Å². The lowest BCUT2D eigenvalue weighted by Gasteiger charge is -2.07. The summed E-state index contributed by atoms with van der Waals surface area (Å²) in [5.74, 6) is 0.339. The number of carboxylic acids is 1. The van der Waals surface area contributed by atoms with Crippen molar-refractivity contribution in [3.8, 4) is 5.75 Å². The van der Waals surface area contributed by atoms with Crippen LogP contribution in [0.25, 0.3) is 0 Å². The number of hydrogen-bond donors (Lipinski definition) is 1. The number of rotatable bonds is 4. The van der Waals surface area contributed by atoms with Gasteiger partial charge >= 0.3 is 5.97 Å². The molecule has 3 nitrogen and oxygen atoms in total. The van der Waals surface area contributed by atoms with Gasteiger partial charge in [0.1, 0.15) is 5.75 Å². The summed E-state index contributed by atoms with van der Waals surface area (Å²) in [4.78, 5) is 10.7. The Bertz CT molecular complexity index is 385. The first-order valence-electron chi connectivity index (χ1n) is 4.82. The number of hydrogen-bond acceptors (Lipinski definition) is 2.